The minimum Gasteiger partial charge on any atom is -0.494 e. The molecule has 2 aromatic rings. The summed E-state index contributed by atoms with van der Waals surface area (Å²) in [7, 11) is 0. The predicted octanol–water partition coefficient (Wildman–Crippen LogP) is 4.71. The lowest BCUT2D eigenvalue weighted by Crippen LogP contribution is -2.24. The highest BCUT2D eigenvalue weighted by molar-refractivity contribution is 9.10. The van der Waals surface area contributed by atoms with Crippen molar-refractivity contribution >= 4 is 15.9 Å². The van der Waals surface area contributed by atoms with Gasteiger partial charge in [0.05, 0.1) is 6.61 Å². The Hall–Kier alpha value is -1.39. The molecule has 0 saturated carbocycles. The Kier molecular flexibility index (Phi) is 6.21. The summed E-state index contributed by atoms with van der Waals surface area (Å²) >= 11 is 3.39. The van der Waals surface area contributed by atoms with Gasteiger partial charge >= 0.3 is 0 Å². The molecular weight excluding hydrogens is 333 g/mol. The molecule has 2 nitrogen and oxygen atoms in total. The van der Waals surface area contributed by atoms with Crippen molar-refractivity contribution in [3.05, 3.63) is 64.4 Å². The van der Waals surface area contributed by atoms with Gasteiger partial charge in [0.25, 0.3) is 0 Å². The van der Waals surface area contributed by atoms with Crippen LogP contribution in [0, 0.1) is 5.82 Å². The molecule has 1 N–H and O–H groups in total. The van der Waals surface area contributed by atoms with Crippen molar-refractivity contribution in [2.75, 3.05) is 13.2 Å². The number of ether oxygens (including phenoxy) is 1. The SMILES string of the molecule is CCNC(CCOc1ccccc1)c1cc(Br)ccc1F. The van der Waals surface area contributed by atoms with Crippen molar-refractivity contribution in [3.63, 3.8) is 0 Å². The number of para-hydroxylation sites is 1. The van der Waals surface area contributed by atoms with E-state index in [1.165, 1.54) is 6.07 Å². The van der Waals surface area contributed by atoms with Gasteiger partial charge in [0, 0.05) is 22.5 Å². The maximum absolute atomic E-state index is 14.0. The largest absolute Gasteiger partial charge is 0.494 e. The van der Waals surface area contributed by atoms with Crippen LogP contribution in [-0.4, -0.2) is 13.2 Å². The van der Waals surface area contributed by atoms with Crippen LogP contribution in [0.5, 0.6) is 5.75 Å². The minimum atomic E-state index is -0.191. The van der Waals surface area contributed by atoms with E-state index in [0.717, 1.165) is 16.8 Å². The third-order valence-corrected chi connectivity index (χ3v) is 3.70. The number of hydrogen-bond acceptors (Lipinski definition) is 2. The van der Waals surface area contributed by atoms with Gasteiger partial charge in [-0.05, 0) is 36.9 Å². The van der Waals surface area contributed by atoms with E-state index in [1.807, 2.05) is 43.3 Å². The van der Waals surface area contributed by atoms with Crippen LogP contribution in [0.4, 0.5) is 4.39 Å². The van der Waals surface area contributed by atoms with Gasteiger partial charge in [-0.2, -0.15) is 0 Å². The monoisotopic (exact) mass is 351 g/mol. The quantitative estimate of drug-likeness (QED) is 0.779. The van der Waals surface area contributed by atoms with Gasteiger partial charge < -0.3 is 10.1 Å². The maximum Gasteiger partial charge on any atom is 0.128 e. The molecule has 2 aromatic carbocycles. The summed E-state index contributed by atoms with van der Waals surface area (Å²) in [6.07, 6.45) is 0.704. The molecule has 1 atom stereocenters. The van der Waals surface area contributed by atoms with Crippen molar-refractivity contribution in [2.45, 2.75) is 19.4 Å². The summed E-state index contributed by atoms with van der Waals surface area (Å²) in [5.74, 6) is 0.645. The molecule has 0 radical (unpaired) electrons. The van der Waals surface area contributed by atoms with E-state index in [9.17, 15) is 4.39 Å². The standard InChI is InChI=1S/C17H19BrFNO/c1-2-20-17(15-12-13(18)8-9-16(15)19)10-11-21-14-6-4-3-5-7-14/h3-9,12,17,20H,2,10-11H2,1H3. The molecular formula is C17H19BrFNO. The highest BCUT2D eigenvalue weighted by Gasteiger charge is 2.15. The first-order chi connectivity index (χ1) is 10.2. The molecule has 0 aliphatic heterocycles. The van der Waals surface area contributed by atoms with Gasteiger partial charge in [-0.3, -0.25) is 0 Å². The average Bonchev–Trinajstić information content (AvgIpc) is 2.50. The van der Waals surface area contributed by atoms with Gasteiger partial charge in [-0.15, -0.1) is 0 Å². The van der Waals surface area contributed by atoms with Crippen LogP contribution in [0.1, 0.15) is 24.9 Å². The molecule has 0 bridgehead atoms. The van der Waals surface area contributed by atoms with E-state index < -0.39 is 0 Å². The van der Waals surface area contributed by atoms with Crippen LogP contribution in [0.15, 0.2) is 53.0 Å². The molecule has 112 valence electrons. The van der Waals surface area contributed by atoms with Gasteiger partial charge in [0.1, 0.15) is 11.6 Å². The first kappa shape index (κ1) is 16.0. The zero-order chi connectivity index (χ0) is 15.1. The molecule has 4 heteroatoms. The maximum atomic E-state index is 14.0. The summed E-state index contributed by atoms with van der Waals surface area (Å²) in [5.41, 5.74) is 0.669. The zero-order valence-electron chi connectivity index (χ0n) is 12.0. The van der Waals surface area contributed by atoms with E-state index in [-0.39, 0.29) is 11.9 Å². The molecule has 0 fully saturated rings. The summed E-state index contributed by atoms with van der Waals surface area (Å²) in [4.78, 5) is 0. The fourth-order valence-electron chi connectivity index (χ4n) is 2.21. The second kappa shape index (κ2) is 8.15. The van der Waals surface area contributed by atoms with Crippen LogP contribution in [0.2, 0.25) is 0 Å². The Morgan fingerprint density at radius 3 is 2.67 bits per heavy atom. The van der Waals surface area contributed by atoms with Crippen LogP contribution in [-0.2, 0) is 0 Å². The molecule has 0 aliphatic rings. The van der Waals surface area contributed by atoms with Crippen molar-refractivity contribution in [1.29, 1.82) is 0 Å². The number of benzene rings is 2. The van der Waals surface area contributed by atoms with Crippen LogP contribution in [0.25, 0.3) is 0 Å². The Labute approximate surface area is 133 Å². The van der Waals surface area contributed by atoms with Gasteiger partial charge in [-0.25, -0.2) is 4.39 Å². The number of rotatable bonds is 7. The van der Waals surface area contributed by atoms with E-state index in [2.05, 4.69) is 21.2 Å². The molecule has 1 unspecified atom stereocenters. The molecule has 0 amide bonds. The van der Waals surface area contributed by atoms with E-state index in [0.29, 0.717) is 18.6 Å². The van der Waals surface area contributed by atoms with Crippen LogP contribution < -0.4 is 10.1 Å². The summed E-state index contributed by atoms with van der Waals surface area (Å²) < 4.78 is 20.6. The van der Waals surface area contributed by atoms with Crippen molar-refractivity contribution in [3.8, 4) is 5.75 Å². The lowest BCUT2D eigenvalue weighted by molar-refractivity contribution is 0.285. The van der Waals surface area contributed by atoms with Gasteiger partial charge in [0.2, 0.25) is 0 Å². The fourth-order valence-corrected chi connectivity index (χ4v) is 2.59. The lowest BCUT2D eigenvalue weighted by Gasteiger charge is -2.19. The summed E-state index contributed by atoms with van der Waals surface area (Å²) in [5, 5.41) is 3.31. The molecule has 0 spiro atoms. The van der Waals surface area contributed by atoms with Crippen LogP contribution >= 0.6 is 15.9 Å². The van der Waals surface area contributed by atoms with E-state index in [4.69, 9.17) is 4.74 Å². The Balaban J connectivity index is 2.00. The van der Waals surface area contributed by atoms with E-state index in [1.54, 1.807) is 6.07 Å². The topological polar surface area (TPSA) is 21.3 Å². The predicted molar refractivity (Wildman–Crippen MR) is 87.1 cm³/mol. The van der Waals surface area contributed by atoms with Crippen molar-refractivity contribution < 1.29 is 9.13 Å². The molecule has 0 heterocycles. The summed E-state index contributed by atoms with van der Waals surface area (Å²) in [6, 6.07) is 14.6. The number of halogens is 2. The van der Waals surface area contributed by atoms with Crippen molar-refractivity contribution in [1.82, 2.24) is 5.32 Å². The third-order valence-electron chi connectivity index (χ3n) is 3.20. The van der Waals surface area contributed by atoms with Crippen molar-refractivity contribution in [2.24, 2.45) is 0 Å². The molecule has 0 saturated heterocycles. The first-order valence-corrected chi connectivity index (χ1v) is 7.86. The summed E-state index contributed by atoms with van der Waals surface area (Å²) in [6.45, 7) is 3.33. The molecule has 0 aromatic heterocycles. The highest BCUT2D eigenvalue weighted by Crippen LogP contribution is 2.24. The lowest BCUT2D eigenvalue weighted by atomic mass is 10.0. The molecule has 21 heavy (non-hydrogen) atoms. The molecule has 2 rings (SSSR count). The second-order valence-corrected chi connectivity index (χ2v) is 5.64. The van der Waals surface area contributed by atoms with E-state index >= 15 is 0 Å². The first-order valence-electron chi connectivity index (χ1n) is 7.07. The van der Waals surface area contributed by atoms with Gasteiger partial charge in [0.15, 0.2) is 0 Å². The Bertz CT molecular complexity index is 562. The fraction of sp³-hybridized carbons (Fsp3) is 0.294. The average molecular weight is 352 g/mol. The second-order valence-electron chi connectivity index (χ2n) is 4.73. The zero-order valence-corrected chi connectivity index (χ0v) is 13.6. The minimum absolute atomic E-state index is 0.0591. The number of hydrogen-bond donors (Lipinski definition) is 1. The Morgan fingerprint density at radius 1 is 1.19 bits per heavy atom. The highest BCUT2D eigenvalue weighted by atomic mass is 79.9. The van der Waals surface area contributed by atoms with Crippen LogP contribution in [0.3, 0.4) is 0 Å². The third kappa shape index (κ3) is 4.83. The molecule has 0 aliphatic carbocycles. The number of nitrogens with one attached hydrogen (secondary N) is 1. The normalized spacial score (nSPS) is 12.1. The smallest absolute Gasteiger partial charge is 0.128 e. The Morgan fingerprint density at radius 2 is 1.95 bits per heavy atom. The van der Waals surface area contributed by atoms with Gasteiger partial charge in [-0.1, -0.05) is 41.1 Å².